The van der Waals surface area contributed by atoms with E-state index in [1.54, 1.807) is 28.8 Å². The van der Waals surface area contributed by atoms with E-state index in [2.05, 4.69) is 24.0 Å². The molecule has 1 fully saturated rings. The molecule has 0 unspecified atom stereocenters. The SMILES string of the molecule is CCCCN1C(=O)/C(=C2\Sc3ccccc3N2C)SC1=Nc1ccc(Cl)c(Cl)c1. The number of fused-ring (bicyclic) bond motifs is 1. The predicted molar refractivity (Wildman–Crippen MR) is 125 cm³/mol. The zero-order valence-corrected chi connectivity index (χ0v) is 19.1. The van der Waals surface area contributed by atoms with E-state index in [1.807, 2.05) is 25.2 Å². The molecule has 2 aromatic rings. The monoisotopic (exact) mass is 463 g/mol. The summed E-state index contributed by atoms with van der Waals surface area (Å²) in [6.45, 7) is 2.75. The molecule has 2 aromatic carbocycles. The molecule has 4 nitrogen and oxygen atoms in total. The highest BCUT2D eigenvalue weighted by Gasteiger charge is 2.38. The Morgan fingerprint density at radius 3 is 2.59 bits per heavy atom. The molecular formula is C21H19Cl2N3OS2. The van der Waals surface area contributed by atoms with Crippen molar-refractivity contribution in [3.63, 3.8) is 0 Å². The summed E-state index contributed by atoms with van der Waals surface area (Å²) < 4.78 is 0. The Morgan fingerprint density at radius 1 is 1.07 bits per heavy atom. The molecule has 0 radical (unpaired) electrons. The van der Waals surface area contributed by atoms with E-state index in [9.17, 15) is 4.79 Å². The molecule has 1 amide bonds. The number of hydrogen-bond donors (Lipinski definition) is 0. The summed E-state index contributed by atoms with van der Waals surface area (Å²) in [7, 11) is 2.00. The summed E-state index contributed by atoms with van der Waals surface area (Å²) in [5, 5.41) is 2.55. The van der Waals surface area contributed by atoms with Gasteiger partial charge in [0.15, 0.2) is 5.17 Å². The third-order valence-electron chi connectivity index (χ3n) is 4.66. The minimum atomic E-state index is 0.00409. The van der Waals surface area contributed by atoms with Crippen molar-refractivity contribution in [2.75, 3.05) is 18.5 Å². The Labute approximate surface area is 189 Å². The number of unbranched alkanes of at least 4 members (excludes halogenated alkanes) is 1. The van der Waals surface area contributed by atoms with Crippen molar-refractivity contribution >= 4 is 69.2 Å². The average Bonchev–Trinajstić information content (AvgIpc) is 3.20. The van der Waals surface area contributed by atoms with Crippen molar-refractivity contribution in [1.82, 2.24) is 4.90 Å². The summed E-state index contributed by atoms with van der Waals surface area (Å²) in [5.41, 5.74) is 1.79. The molecule has 150 valence electrons. The maximum Gasteiger partial charge on any atom is 0.269 e. The number of benzene rings is 2. The van der Waals surface area contributed by atoms with Crippen LogP contribution in [0.2, 0.25) is 10.0 Å². The van der Waals surface area contributed by atoms with E-state index in [1.165, 1.54) is 11.8 Å². The highest BCUT2D eigenvalue weighted by atomic mass is 35.5. The maximum atomic E-state index is 13.3. The van der Waals surface area contributed by atoms with Crippen molar-refractivity contribution in [3.8, 4) is 0 Å². The van der Waals surface area contributed by atoms with E-state index >= 15 is 0 Å². The number of amidine groups is 1. The van der Waals surface area contributed by atoms with Crippen LogP contribution >= 0.6 is 46.7 Å². The number of amides is 1. The highest BCUT2D eigenvalue weighted by molar-refractivity contribution is 8.19. The Kier molecular flexibility index (Phi) is 6.16. The molecule has 2 aliphatic heterocycles. The number of nitrogens with zero attached hydrogens (tertiary/aromatic N) is 3. The smallest absolute Gasteiger partial charge is 0.269 e. The second kappa shape index (κ2) is 8.64. The van der Waals surface area contributed by atoms with Gasteiger partial charge in [-0.3, -0.25) is 9.69 Å². The Morgan fingerprint density at radius 2 is 1.86 bits per heavy atom. The van der Waals surface area contributed by atoms with Crippen LogP contribution in [0.1, 0.15) is 19.8 Å². The van der Waals surface area contributed by atoms with Crippen LogP contribution in [0.15, 0.2) is 62.3 Å². The van der Waals surface area contributed by atoms with Gasteiger partial charge in [0.2, 0.25) is 0 Å². The van der Waals surface area contributed by atoms with E-state index in [-0.39, 0.29) is 5.91 Å². The highest BCUT2D eigenvalue weighted by Crippen LogP contribution is 2.50. The number of rotatable bonds is 4. The number of thioether (sulfide) groups is 2. The maximum absolute atomic E-state index is 13.3. The molecule has 2 heterocycles. The molecule has 0 bridgehead atoms. The van der Waals surface area contributed by atoms with Crippen LogP contribution in [0.25, 0.3) is 0 Å². The zero-order valence-electron chi connectivity index (χ0n) is 16.0. The molecule has 29 heavy (non-hydrogen) atoms. The van der Waals surface area contributed by atoms with Gasteiger partial charge in [0.25, 0.3) is 5.91 Å². The van der Waals surface area contributed by atoms with Gasteiger partial charge in [0, 0.05) is 18.5 Å². The standard InChI is InChI=1S/C21H19Cl2N3OS2/c1-3-4-11-26-19(27)18(20-25(2)16-7-5-6-8-17(16)28-20)29-21(26)24-13-9-10-14(22)15(23)12-13/h5-10,12H,3-4,11H2,1-2H3/b20-18+,24-21?. The minimum absolute atomic E-state index is 0.00409. The first-order valence-corrected chi connectivity index (χ1v) is 11.7. The largest absolute Gasteiger partial charge is 0.337 e. The number of carbonyl (C=O) groups excluding carboxylic acids is 1. The van der Waals surface area contributed by atoms with Crippen LogP contribution in [0.5, 0.6) is 0 Å². The lowest BCUT2D eigenvalue weighted by Crippen LogP contribution is -2.30. The fraction of sp³-hybridized carbons (Fsp3) is 0.238. The van der Waals surface area contributed by atoms with Crippen molar-refractivity contribution in [2.24, 2.45) is 4.99 Å². The predicted octanol–water partition coefficient (Wildman–Crippen LogP) is 6.77. The molecule has 8 heteroatoms. The van der Waals surface area contributed by atoms with E-state index in [0.717, 1.165) is 28.5 Å². The number of para-hydroxylation sites is 1. The fourth-order valence-corrected chi connectivity index (χ4v) is 5.76. The first-order chi connectivity index (χ1) is 14.0. The molecule has 0 aliphatic carbocycles. The number of anilines is 1. The van der Waals surface area contributed by atoms with Gasteiger partial charge < -0.3 is 4.90 Å². The molecule has 4 rings (SSSR count). The zero-order chi connectivity index (χ0) is 20.5. The second-order valence-electron chi connectivity index (χ2n) is 6.67. The third kappa shape index (κ3) is 4.04. The lowest BCUT2D eigenvalue weighted by Gasteiger charge is -2.16. The van der Waals surface area contributed by atoms with E-state index in [4.69, 9.17) is 28.2 Å². The van der Waals surface area contributed by atoms with Crippen molar-refractivity contribution in [1.29, 1.82) is 0 Å². The molecule has 0 N–H and O–H groups in total. The molecule has 0 saturated carbocycles. The average molecular weight is 464 g/mol. The second-order valence-corrected chi connectivity index (χ2v) is 9.49. The summed E-state index contributed by atoms with van der Waals surface area (Å²) in [5.74, 6) is 0.00409. The lowest BCUT2D eigenvalue weighted by atomic mass is 10.3. The van der Waals surface area contributed by atoms with Crippen LogP contribution in [0.4, 0.5) is 11.4 Å². The van der Waals surface area contributed by atoms with E-state index in [0.29, 0.717) is 32.4 Å². The number of hydrogen-bond acceptors (Lipinski definition) is 5. The van der Waals surface area contributed by atoms with Crippen LogP contribution < -0.4 is 4.90 Å². The van der Waals surface area contributed by atoms with Crippen LogP contribution in [0.3, 0.4) is 0 Å². The van der Waals surface area contributed by atoms with Gasteiger partial charge in [-0.1, -0.05) is 60.4 Å². The van der Waals surface area contributed by atoms with Crippen molar-refractivity contribution in [3.05, 3.63) is 62.4 Å². The number of carbonyl (C=O) groups is 1. The van der Waals surface area contributed by atoms with Crippen LogP contribution in [-0.4, -0.2) is 29.6 Å². The van der Waals surface area contributed by atoms with E-state index < -0.39 is 0 Å². The minimum Gasteiger partial charge on any atom is -0.337 e. The van der Waals surface area contributed by atoms with Gasteiger partial charge in [-0.05, 0) is 48.5 Å². The molecule has 0 atom stereocenters. The van der Waals surface area contributed by atoms with Crippen LogP contribution in [0, 0.1) is 0 Å². The van der Waals surface area contributed by atoms with Crippen molar-refractivity contribution in [2.45, 2.75) is 24.7 Å². The summed E-state index contributed by atoms with van der Waals surface area (Å²) in [6, 6.07) is 13.4. The summed E-state index contributed by atoms with van der Waals surface area (Å²) in [4.78, 5) is 23.7. The molecule has 2 aliphatic rings. The van der Waals surface area contributed by atoms with Crippen LogP contribution in [-0.2, 0) is 4.79 Å². The third-order valence-corrected chi connectivity index (χ3v) is 7.83. The van der Waals surface area contributed by atoms with Gasteiger partial charge >= 0.3 is 0 Å². The fourth-order valence-electron chi connectivity index (χ4n) is 3.10. The van der Waals surface area contributed by atoms with Gasteiger partial charge in [0.05, 0.1) is 26.4 Å². The number of aliphatic imine (C=N–C) groups is 1. The van der Waals surface area contributed by atoms with Crippen molar-refractivity contribution < 1.29 is 4.79 Å². The Balaban J connectivity index is 1.72. The van der Waals surface area contributed by atoms with Gasteiger partial charge in [0.1, 0.15) is 4.91 Å². The van der Waals surface area contributed by atoms with Gasteiger partial charge in [-0.25, -0.2) is 4.99 Å². The topological polar surface area (TPSA) is 35.9 Å². The Bertz CT molecular complexity index is 1040. The molecular weight excluding hydrogens is 445 g/mol. The lowest BCUT2D eigenvalue weighted by molar-refractivity contribution is -0.122. The summed E-state index contributed by atoms with van der Waals surface area (Å²) in [6.07, 6.45) is 1.92. The molecule has 0 aromatic heterocycles. The van der Waals surface area contributed by atoms with Gasteiger partial charge in [-0.15, -0.1) is 0 Å². The first-order valence-electron chi connectivity index (χ1n) is 9.28. The summed E-state index contributed by atoms with van der Waals surface area (Å²) >= 11 is 15.2. The normalized spacial score (nSPS) is 20.1. The quantitative estimate of drug-likeness (QED) is 0.468. The molecule has 0 spiro atoms. The Hall–Kier alpha value is -1.60. The van der Waals surface area contributed by atoms with Gasteiger partial charge in [-0.2, -0.15) is 0 Å². The molecule has 1 saturated heterocycles. The number of halogens is 2. The first kappa shape index (κ1) is 20.7.